The summed E-state index contributed by atoms with van der Waals surface area (Å²) in [5.41, 5.74) is 0.767. The number of rotatable bonds is 2. The minimum Gasteiger partial charge on any atom is -0.370 e. The van der Waals surface area contributed by atoms with Gasteiger partial charge in [0.2, 0.25) is 0 Å². The molecule has 2 aromatic rings. The van der Waals surface area contributed by atoms with Crippen LogP contribution < -0.4 is 9.80 Å². The van der Waals surface area contributed by atoms with E-state index in [4.69, 9.17) is 5.26 Å². The molecule has 2 aromatic carbocycles. The molecular formula is C21H23F4N3. The Hall–Kier alpha value is -2.75. The Labute approximate surface area is 162 Å². The highest BCUT2D eigenvalue weighted by molar-refractivity contribution is 5.53. The second-order valence-electron chi connectivity index (χ2n) is 6.15. The smallest absolute Gasteiger partial charge is 0.370 e. The first-order valence-corrected chi connectivity index (χ1v) is 9.25. The SMILES string of the molecule is CC.N#Cc1ccc(N2CCCN(c3ccc(C(F)(F)F)cc3)CC2)c(F)c1. The molecule has 1 heterocycles. The Balaban J connectivity index is 0.00000136. The van der Waals surface area contributed by atoms with Crippen LogP contribution in [-0.2, 0) is 6.18 Å². The molecule has 0 unspecified atom stereocenters. The van der Waals surface area contributed by atoms with Gasteiger partial charge in [0, 0.05) is 31.9 Å². The van der Waals surface area contributed by atoms with Crippen molar-refractivity contribution in [3.63, 3.8) is 0 Å². The van der Waals surface area contributed by atoms with Gasteiger partial charge in [-0.2, -0.15) is 18.4 Å². The van der Waals surface area contributed by atoms with Crippen molar-refractivity contribution < 1.29 is 17.6 Å². The van der Waals surface area contributed by atoms with Crippen LogP contribution in [0.2, 0.25) is 0 Å². The lowest BCUT2D eigenvalue weighted by atomic mass is 10.2. The molecule has 3 nitrogen and oxygen atoms in total. The van der Waals surface area contributed by atoms with E-state index in [-0.39, 0.29) is 5.56 Å². The van der Waals surface area contributed by atoms with Crippen LogP contribution in [0.1, 0.15) is 31.4 Å². The third kappa shape index (κ3) is 5.16. The summed E-state index contributed by atoms with van der Waals surface area (Å²) in [5, 5.41) is 8.83. The van der Waals surface area contributed by atoms with Crippen molar-refractivity contribution in [1.29, 1.82) is 5.26 Å². The van der Waals surface area contributed by atoms with E-state index < -0.39 is 17.6 Å². The van der Waals surface area contributed by atoms with Crippen LogP contribution in [0.4, 0.5) is 28.9 Å². The molecule has 150 valence electrons. The summed E-state index contributed by atoms with van der Waals surface area (Å²) in [6.07, 6.45) is -3.60. The lowest BCUT2D eigenvalue weighted by Crippen LogP contribution is -2.31. The summed E-state index contributed by atoms with van der Waals surface area (Å²) < 4.78 is 52.3. The quantitative estimate of drug-likeness (QED) is 0.635. The maximum atomic E-state index is 14.2. The number of benzene rings is 2. The van der Waals surface area contributed by atoms with E-state index in [2.05, 4.69) is 0 Å². The number of nitrogens with zero attached hydrogens (tertiary/aromatic N) is 3. The van der Waals surface area contributed by atoms with Crippen LogP contribution in [0.3, 0.4) is 0 Å². The molecule has 1 aliphatic heterocycles. The molecule has 0 bridgehead atoms. The molecule has 0 spiro atoms. The zero-order chi connectivity index (χ0) is 20.7. The van der Waals surface area contributed by atoms with E-state index in [0.717, 1.165) is 24.2 Å². The van der Waals surface area contributed by atoms with E-state index in [0.29, 0.717) is 31.9 Å². The number of halogens is 4. The van der Waals surface area contributed by atoms with Crippen molar-refractivity contribution in [1.82, 2.24) is 0 Å². The minimum absolute atomic E-state index is 0.271. The first-order valence-electron chi connectivity index (χ1n) is 9.25. The molecule has 7 heteroatoms. The number of anilines is 2. The lowest BCUT2D eigenvalue weighted by molar-refractivity contribution is -0.137. The molecule has 1 saturated heterocycles. The maximum absolute atomic E-state index is 14.2. The molecule has 0 atom stereocenters. The third-order valence-corrected chi connectivity index (χ3v) is 4.47. The van der Waals surface area contributed by atoms with Gasteiger partial charge < -0.3 is 9.80 Å². The molecule has 3 rings (SSSR count). The average Bonchev–Trinajstić information content (AvgIpc) is 2.95. The van der Waals surface area contributed by atoms with Gasteiger partial charge in [-0.25, -0.2) is 4.39 Å². The van der Waals surface area contributed by atoms with Crippen LogP contribution in [0, 0.1) is 17.1 Å². The Morgan fingerprint density at radius 3 is 2.07 bits per heavy atom. The topological polar surface area (TPSA) is 30.3 Å². The van der Waals surface area contributed by atoms with Crippen LogP contribution in [0.5, 0.6) is 0 Å². The predicted octanol–water partition coefficient (Wildman–Crippen LogP) is 5.46. The van der Waals surface area contributed by atoms with Crippen molar-refractivity contribution in [3.05, 3.63) is 59.4 Å². The van der Waals surface area contributed by atoms with Gasteiger partial charge in [0.15, 0.2) is 0 Å². The highest BCUT2D eigenvalue weighted by atomic mass is 19.4. The molecule has 1 fully saturated rings. The van der Waals surface area contributed by atoms with Gasteiger partial charge in [-0.1, -0.05) is 13.8 Å². The number of alkyl halides is 3. The molecule has 0 aromatic heterocycles. The van der Waals surface area contributed by atoms with Crippen molar-refractivity contribution in [2.24, 2.45) is 0 Å². The Kier molecular flexibility index (Phi) is 7.27. The Morgan fingerprint density at radius 1 is 0.893 bits per heavy atom. The van der Waals surface area contributed by atoms with Crippen molar-refractivity contribution in [3.8, 4) is 6.07 Å². The van der Waals surface area contributed by atoms with Gasteiger partial charge in [0.25, 0.3) is 0 Å². The summed E-state index contributed by atoms with van der Waals surface area (Å²) in [4.78, 5) is 3.91. The van der Waals surface area contributed by atoms with Crippen LogP contribution >= 0.6 is 0 Å². The summed E-state index contributed by atoms with van der Waals surface area (Å²) in [6.45, 7) is 6.44. The van der Waals surface area contributed by atoms with E-state index >= 15 is 0 Å². The fourth-order valence-corrected chi connectivity index (χ4v) is 3.11. The molecule has 0 N–H and O–H groups in total. The zero-order valence-corrected chi connectivity index (χ0v) is 15.9. The minimum atomic E-state index is -4.35. The third-order valence-electron chi connectivity index (χ3n) is 4.47. The Bertz CT molecular complexity index is 810. The summed E-state index contributed by atoms with van der Waals surface area (Å²) >= 11 is 0. The van der Waals surface area contributed by atoms with E-state index in [1.165, 1.54) is 18.2 Å². The first-order chi connectivity index (χ1) is 13.4. The molecule has 0 saturated carbocycles. The summed E-state index contributed by atoms with van der Waals surface area (Å²) in [7, 11) is 0. The van der Waals surface area contributed by atoms with Gasteiger partial charge in [-0.3, -0.25) is 0 Å². The lowest BCUT2D eigenvalue weighted by Gasteiger charge is -2.25. The predicted molar refractivity (Wildman–Crippen MR) is 103 cm³/mol. The van der Waals surface area contributed by atoms with Crippen LogP contribution in [0.25, 0.3) is 0 Å². The summed E-state index contributed by atoms with van der Waals surface area (Å²) in [6, 6.07) is 11.4. The molecule has 1 aliphatic rings. The monoisotopic (exact) mass is 393 g/mol. The van der Waals surface area contributed by atoms with Crippen molar-refractivity contribution >= 4 is 11.4 Å². The van der Waals surface area contributed by atoms with Crippen LogP contribution in [-0.4, -0.2) is 26.2 Å². The van der Waals surface area contributed by atoms with E-state index in [9.17, 15) is 17.6 Å². The highest BCUT2D eigenvalue weighted by Gasteiger charge is 2.30. The fraction of sp³-hybridized carbons (Fsp3) is 0.381. The second kappa shape index (κ2) is 9.45. The number of hydrogen-bond donors (Lipinski definition) is 0. The molecule has 0 amide bonds. The highest BCUT2D eigenvalue weighted by Crippen LogP contribution is 2.31. The maximum Gasteiger partial charge on any atom is 0.416 e. The van der Waals surface area contributed by atoms with Gasteiger partial charge in [0.05, 0.1) is 22.9 Å². The second-order valence-corrected chi connectivity index (χ2v) is 6.15. The van der Waals surface area contributed by atoms with E-state index in [1.54, 1.807) is 12.1 Å². The number of hydrogen-bond acceptors (Lipinski definition) is 3. The standard InChI is InChI=1S/C19H17F4N3.C2H6/c20-17-12-14(13-24)2-7-18(17)26-9-1-8-25(10-11-26)16-5-3-15(4-6-16)19(21,22)23;1-2/h2-7,12H,1,8-11H2;1-2H3. The molecular weight excluding hydrogens is 370 g/mol. The van der Waals surface area contributed by atoms with Crippen molar-refractivity contribution in [2.75, 3.05) is 36.0 Å². The first kappa shape index (κ1) is 21.5. The van der Waals surface area contributed by atoms with E-state index in [1.807, 2.05) is 29.7 Å². The van der Waals surface area contributed by atoms with Crippen LogP contribution in [0.15, 0.2) is 42.5 Å². The van der Waals surface area contributed by atoms with Gasteiger partial charge in [0.1, 0.15) is 5.82 Å². The number of nitriles is 1. The molecule has 28 heavy (non-hydrogen) atoms. The normalized spacial score (nSPS) is 14.6. The van der Waals surface area contributed by atoms with Gasteiger partial charge in [-0.05, 0) is 48.9 Å². The van der Waals surface area contributed by atoms with Gasteiger partial charge in [-0.15, -0.1) is 0 Å². The fourth-order valence-electron chi connectivity index (χ4n) is 3.11. The Morgan fingerprint density at radius 2 is 1.50 bits per heavy atom. The average molecular weight is 393 g/mol. The summed E-state index contributed by atoms with van der Waals surface area (Å²) in [5.74, 6) is -0.438. The van der Waals surface area contributed by atoms with Crippen molar-refractivity contribution in [2.45, 2.75) is 26.4 Å². The van der Waals surface area contributed by atoms with Gasteiger partial charge >= 0.3 is 6.18 Å². The largest absolute Gasteiger partial charge is 0.416 e. The molecule has 0 radical (unpaired) electrons. The zero-order valence-electron chi connectivity index (χ0n) is 15.9. The molecule has 0 aliphatic carbocycles.